The second-order valence-electron chi connectivity index (χ2n) is 7.41. The first-order valence-corrected chi connectivity index (χ1v) is 11.0. The van der Waals surface area contributed by atoms with Crippen LogP contribution >= 0.6 is 11.8 Å². The molecule has 1 N–H and O–H groups in total. The van der Waals surface area contributed by atoms with Gasteiger partial charge < -0.3 is 5.32 Å². The molecule has 4 rings (SSSR count). The fourth-order valence-corrected chi connectivity index (χ4v) is 4.80. The van der Waals surface area contributed by atoms with Crippen LogP contribution in [0.15, 0.2) is 47.0 Å². The quantitative estimate of drug-likeness (QED) is 0.475. The van der Waals surface area contributed by atoms with Crippen molar-refractivity contribution in [2.75, 3.05) is 12.3 Å². The Kier molecular flexibility index (Phi) is 5.86. The summed E-state index contributed by atoms with van der Waals surface area (Å²) < 4.78 is 1.99. The van der Waals surface area contributed by atoms with Gasteiger partial charge in [-0.3, -0.25) is 9.20 Å². The van der Waals surface area contributed by atoms with Gasteiger partial charge in [-0.05, 0) is 62.8 Å². The maximum Gasteiger partial charge on any atom is 0.230 e. The summed E-state index contributed by atoms with van der Waals surface area (Å²) in [5.41, 5.74) is 5.38. The average Bonchev–Trinajstić information content (AvgIpc) is 3.12. The zero-order valence-electron chi connectivity index (χ0n) is 16.6. The first-order chi connectivity index (χ1) is 14.2. The van der Waals surface area contributed by atoms with Crippen LogP contribution in [-0.4, -0.2) is 27.6 Å². The molecule has 0 atom stereocenters. The number of fused-ring (bicyclic) bond motifs is 3. The molecule has 0 unspecified atom stereocenters. The van der Waals surface area contributed by atoms with E-state index >= 15 is 0 Å². The number of pyridine rings is 1. The molecule has 29 heavy (non-hydrogen) atoms. The first-order valence-electron chi connectivity index (χ1n) is 10.1. The van der Waals surface area contributed by atoms with Crippen molar-refractivity contribution in [2.24, 2.45) is 0 Å². The molecule has 1 aliphatic carbocycles. The number of allylic oxidation sites excluding steroid dienone is 1. The van der Waals surface area contributed by atoms with E-state index in [1.54, 1.807) is 0 Å². The van der Waals surface area contributed by atoms with E-state index in [2.05, 4.69) is 22.4 Å². The Labute approximate surface area is 174 Å². The van der Waals surface area contributed by atoms with Gasteiger partial charge in [-0.15, -0.1) is 0 Å². The van der Waals surface area contributed by atoms with Crippen LogP contribution in [0.2, 0.25) is 0 Å². The molecule has 1 aromatic carbocycles. The minimum absolute atomic E-state index is 0.0333. The maximum absolute atomic E-state index is 12.4. The molecular weight excluding hydrogens is 380 g/mol. The van der Waals surface area contributed by atoms with E-state index in [9.17, 15) is 10.1 Å². The van der Waals surface area contributed by atoms with Gasteiger partial charge in [0.05, 0.1) is 27.4 Å². The van der Waals surface area contributed by atoms with Gasteiger partial charge in [0.2, 0.25) is 5.91 Å². The van der Waals surface area contributed by atoms with Gasteiger partial charge in [0.15, 0.2) is 5.65 Å². The number of hydrogen-bond donors (Lipinski definition) is 1. The standard InChI is InChI=1S/C23H24N4OS/c1-16-13-22(29-15-21(28)25-12-11-17-7-3-2-4-8-17)27-20-10-6-5-9-19(20)26-23(27)18(16)14-24/h5-7,9-10,13H,2-4,8,11-12,15H2,1H3,(H,25,28). The number of nitrogens with zero attached hydrogens (tertiary/aromatic N) is 3. The zero-order valence-corrected chi connectivity index (χ0v) is 17.4. The molecule has 0 saturated carbocycles. The van der Waals surface area contributed by atoms with Crippen LogP contribution in [0.5, 0.6) is 0 Å². The van der Waals surface area contributed by atoms with Gasteiger partial charge in [-0.25, -0.2) is 4.98 Å². The van der Waals surface area contributed by atoms with Crippen LogP contribution in [0, 0.1) is 18.3 Å². The minimum atomic E-state index is 0.0333. The number of para-hydroxylation sites is 2. The zero-order chi connectivity index (χ0) is 20.2. The van der Waals surface area contributed by atoms with E-state index in [0.717, 1.165) is 28.0 Å². The summed E-state index contributed by atoms with van der Waals surface area (Å²) in [6.07, 6.45) is 8.16. The Morgan fingerprint density at radius 3 is 3.00 bits per heavy atom. The van der Waals surface area contributed by atoms with E-state index in [4.69, 9.17) is 0 Å². The highest BCUT2D eigenvalue weighted by Gasteiger charge is 2.16. The third-order valence-electron chi connectivity index (χ3n) is 5.36. The maximum atomic E-state index is 12.4. The summed E-state index contributed by atoms with van der Waals surface area (Å²) in [6.45, 7) is 2.61. The molecule has 6 heteroatoms. The highest BCUT2D eigenvalue weighted by atomic mass is 32.2. The van der Waals surface area contributed by atoms with E-state index < -0.39 is 0 Å². The molecule has 0 fully saturated rings. The SMILES string of the molecule is Cc1cc(SCC(=O)NCCC2=CCCCC2)n2c(nc3ccccc32)c1C#N. The number of carbonyl (C=O) groups excluding carboxylic acids is 1. The second kappa shape index (κ2) is 8.71. The summed E-state index contributed by atoms with van der Waals surface area (Å²) in [6, 6.07) is 12.1. The number of rotatable bonds is 6. The number of aromatic nitrogens is 2. The van der Waals surface area contributed by atoms with Crippen molar-refractivity contribution in [3.05, 3.63) is 53.1 Å². The Hall–Kier alpha value is -2.78. The third-order valence-corrected chi connectivity index (χ3v) is 6.36. The van der Waals surface area contributed by atoms with E-state index in [1.807, 2.05) is 41.7 Å². The highest BCUT2D eigenvalue weighted by molar-refractivity contribution is 7.99. The van der Waals surface area contributed by atoms with Gasteiger partial charge in [-0.2, -0.15) is 5.26 Å². The van der Waals surface area contributed by atoms with Gasteiger partial charge in [0.25, 0.3) is 0 Å². The van der Waals surface area contributed by atoms with E-state index in [0.29, 0.717) is 23.5 Å². The van der Waals surface area contributed by atoms with Crippen LogP contribution < -0.4 is 5.32 Å². The number of imidazole rings is 1. The summed E-state index contributed by atoms with van der Waals surface area (Å²) in [5, 5.41) is 13.5. The summed E-state index contributed by atoms with van der Waals surface area (Å²) in [7, 11) is 0. The molecule has 2 heterocycles. The molecule has 0 aliphatic heterocycles. The highest BCUT2D eigenvalue weighted by Crippen LogP contribution is 2.29. The van der Waals surface area contributed by atoms with Crippen molar-refractivity contribution in [3.63, 3.8) is 0 Å². The van der Waals surface area contributed by atoms with Crippen LogP contribution in [-0.2, 0) is 4.79 Å². The van der Waals surface area contributed by atoms with Gasteiger partial charge >= 0.3 is 0 Å². The van der Waals surface area contributed by atoms with Crippen molar-refractivity contribution < 1.29 is 4.79 Å². The molecule has 0 saturated heterocycles. The summed E-state index contributed by atoms with van der Waals surface area (Å²) >= 11 is 1.48. The van der Waals surface area contributed by atoms with Crippen molar-refractivity contribution in [1.29, 1.82) is 5.26 Å². The number of benzene rings is 1. The van der Waals surface area contributed by atoms with Crippen LogP contribution in [0.25, 0.3) is 16.7 Å². The first kappa shape index (κ1) is 19.5. The van der Waals surface area contributed by atoms with Crippen molar-refractivity contribution in [1.82, 2.24) is 14.7 Å². The monoisotopic (exact) mass is 404 g/mol. The number of thioether (sulfide) groups is 1. The molecule has 2 aromatic heterocycles. The normalized spacial score (nSPS) is 14.0. The van der Waals surface area contributed by atoms with Crippen LogP contribution in [0.1, 0.15) is 43.2 Å². The van der Waals surface area contributed by atoms with Crippen LogP contribution in [0.4, 0.5) is 0 Å². The smallest absolute Gasteiger partial charge is 0.230 e. The lowest BCUT2D eigenvalue weighted by Crippen LogP contribution is -2.26. The van der Waals surface area contributed by atoms with E-state index in [1.165, 1.54) is 43.0 Å². The fraction of sp³-hybridized carbons (Fsp3) is 0.348. The second-order valence-corrected chi connectivity index (χ2v) is 8.40. The topological polar surface area (TPSA) is 70.2 Å². The molecule has 0 spiro atoms. The van der Waals surface area contributed by atoms with E-state index in [-0.39, 0.29) is 5.91 Å². The number of amides is 1. The molecule has 3 aromatic rings. The summed E-state index contributed by atoms with van der Waals surface area (Å²) in [4.78, 5) is 17.0. The molecule has 1 amide bonds. The number of nitriles is 1. The third kappa shape index (κ3) is 4.15. The Morgan fingerprint density at radius 2 is 2.21 bits per heavy atom. The van der Waals surface area contributed by atoms with Crippen molar-refractivity contribution >= 4 is 34.3 Å². The largest absolute Gasteiger partial charge is 0.355 e. The summed E-state index contributed by atoms with van der Waals surface area (Å²) in [5.74, 6) is 0.373. The molecule has 1 aliphatic rings. The molecule has 5 nitrogen and oxygen atoms in total. The number of hydrogen-bond acceptors (Lipinski definition) is 4. The van der Waals surface area contributed by atoms with Gasteiger partial charge in [-0.1, -0.05) is 35.5 Å². The molecular formula is C23H24N4OS. The van der Waals surface area contributed by atoms with Gasteiger partial charge in [0, 0.05) is 6.54 Å². The molecule has 0 radical (unpaired) electrons. The Balaban J connectivity index is 1.50. The number of carbonyl (C=O) groups is 1. The van der Waals surface area contributed by atoms with Crippen molar-refractivity contribution in [3.8, 4) is 6.07 Å². The van der Waals surface area contributed by atoms with Gasteiger partial charge in [0.1, 0.15) is 6.07 Å². The van der Waals surface area contributed by atoms with Crippen LogP contribution in [0.3, 0.4) is 0 Å². The number of aryl methyl sites for hydroxylation is 1. The van der Waals surface area contributed by atoms with Crippen molar-refractivity contribution in [2.45, 2.75) is 44.1 Å². The molecule has 148 valence electrons. The predicted octanol–water partition coefficient (Wildman–Crippen LogP) is 4.77. The Bertz CT molecular complexity index is 1140. The minimum Gasteiger partial charge on any atom is -0.355 e. The lowest BCUT2D eigenvalue weighted by atomic mass is 9.97. The predicted molar refractivity (Wildman–Crippen MR) is 117 cm³/mol. The Morgan fingerprint density at radius 1 is 1.34 bits per heavy atom. The average molecular weight is 405 g/mol. The lowest BCUT2D eigenvalue weighted by Gasteiger charge is -2.13. The fourth-order valence-electron chi connectivity index (χ4n) is 3.84. The molecule has 0 bridgehead atoms. The lowest BCUT2D eigenvalue weighted by molar-refractivity contribution is -0.118. The number of nitrogens with one attached hydrogen (secondary N) is 1.